The van der Waals surface area contributed by atoms with Crippen molar-refractivity contribution in [2.24, 2.45) is 22.4 Å². The third-order valence-corrected chi connectivity index (χ3v) is 4.53. The van der Waals surface area contributed by atoms with Gasteiger partial charge >= 0.3 is 5.97 Å². The summed E-state index contributed by atoms with van der Waals surface area (Å²) in [6.07, 6.45) is 2.59. The Morgan fingerprint density at radius 1 is 1.33 bits per heavy atom. The Morgan fingerprint density at radius 2 is 2.00 bits per heavy atom. The standard InChI is InChI=1S/C17H21NO3/c1-12(19)15-9-14(17(15,2)3)10-16(20)21-18-11-13-7-5-4-6-8-13/h4-8,11,14-15H,9-10H2,1-3H3/t14-,15+/m0/s1. The topological polar surface area (TPSA) is 55.7 Å². The summed E-state index contributed by atoms with van der Waals surface area (Å²) in [5.41, 5.74) is 0.750. The van der Waals surface area contributed by atoms with E-state index < -0.39 is 0 Å². The molecule has 1 aromatic rings. The lowest BCUT2D eigenvalue weighted by Gasteiger charge is -2.50. The van der Waals surface area contributed by atoms with Gasteiger partial charge < -0.3 is 4.84 Å². The minimum absolute atomic E-state index is 0.0584. The van der Waals surface area contributed by atoms with Crippen LogP contribution >= 0.6 is 0 Å². The number of carbonyl (C=O) groups is 2. The van der Waals surface area contributed by atoms with Gasteiger partial charge in [0.05, 0.1) is 12.6 Å². The number of nitrogens with zero attached hydrogens (tertiary/aromatic N) is 1. The molecule has 112 valence electrons. The molecule has 2 atom stereocenters. The Labute approximate surface area is 125 Å². The molecule has 0 unspecified atom stereocenters. The van der Waals surface area contributed by atoms with Crippen LogP contribution in [0.15, 0.2) is 35.5 Å². The first-order valence-electron chi connectivity index (χ1n) is 7.20. The molecule has 0 radical (unpaired) electrons. The second-order valence-electron chi connectivity index (χ2n) is 6.23. The molecule has 4 nitrogen and oxygen atoms in total. The number of oxime groups is 1. The van der Waals surface area contributed by atoms with Crippen LogP contribution in [0.25, 0.3) is 0 Å². The monoisotopic (exact) mass is 287 g/mol. The van der Waals surface area contributed by atoms with Gasteiger partial charge in [-0.1, -0.05) is 49.3 Å². The van der Waals surface area contributed by atoms with Crippen LogP contribution in [0.2, 0.25) is 0 Å². The Bertz CT molecular complexity index is 548. The molecule has 0 heterocycles. The van der Waals surface area contributed by atoms with Crippen molar-refractivity contribution in [1.29, 1.82) is 0 Å². The molecule has 0 aromatic heterocycles. The number of hydrogen-bond donors (Lipinski definition) is 0. The average molecular weight is 287 g/mol. The molecular formula is C17H21NO3. The number of Topliss-reactive ketones (excluding diaryl/α,β-unsaturated/α-hetero) is 1. The molecule has 21 heavy (non-hydrogen) atoms. The van der Waals surface area contributed by atoms with Crippen LogP contribution < -0.4 is 0 Å². The Morgan fingerprint density at radius 3 is 2.57 bits per heavy atom. The highest BCUT2D eigenvalue weighted by molar-refractivity contribution is 5.81. The van der Waals surface area contributed by atoms with Crippen LogP contribution in [0.3, 0.4) is 0 Å². The summed E-state index contributed by atoms with van der Waals surface area (Å²) < 4.78 is 0. The van der Waals surface area contributed by atoms with Gasteiger partial charge in [0.25, 0.3) is 0 Å². The summed E-state index contributed by atoms with van der Waals surface area (Å²) in [7, 11) is 0. The van der Waals surface area contributed by atoms with Crippen LogP contribution in [-0.2, 0) is 14.4 Å². The summed E-state index contributed by atoms with van der Waals surface area (Å²) in [4.78, 5) is 28.1. The van der Waals surface area contributed by atoms with Gasteiger partial charge in [0.2, 0.25) is 0 Å². The molecule has 0 saturated heterocycles. The molecular weight excluding hydrogens is 266 g/mol. The summed E-state index contributed by atoms with van der Waals surface area (Å²) >= 11 is 0. The van der Waals surface area contributed by atoms with Crippen LogP contribution in [0.4, 0.5) is 0 Å². The molecule has 2 rings (SSSR count). The number of hydrogen-bond acceptors (Lipinski definition) is 4. The normalized spacial score (nSPS) is 23.6. The predicted molar refractivity (Wildman–Crippen MR) is 80.8 cm³/mol. The van der Waals surface area contributed by atoms with E-state index >= 15 is 0 Å². The Hall–Kier alpha value is -1.97. The Kier molecular flexibility index (Phi) is 4.56. The van der Waals surface area contributed by atoms with E-state index in [0.29, 0.717) is 6.42 Å². The zero-order valence-electron chi connectivity index (χ0n) is 12.7. The lowest BCUT2D eigenvalue weighted by atomic mass is 9.53. The highest BCUT2D eigenvalue weighted by Gasteiger charge is 2.50. The van der Waals surface area contributed by atoms with E-state index in [4.69, 9.17) is 4.84 Å². The molecule has 0 N–H and O–H groups in total. The quantitative estimate of drug-likeness (QED) is 0.475. The fourth-order valence-electron chi connectivity index (χ4n) is 2.98. The minimum Gasteiger partial charge on any atom is -0.318 e. The van der Waals surface area contributed by atoms with Crippen molar-refractivity contribution in [2.75, 3.05) is 0 Å². The van der Waals surface area contributed by atoms with Crippen molar-refractivity contribution in [3.05, 3.63) is 35.9 Å². The number of benzene rings is 1. The van der Waals surface area contributed by atoms with Gasteiger partial charge in [-0.05, 0) is 30.2 Å². The van der Waals surface area contributed by atoms with Gasteiger partial charge in [-0.2, -0.15) is 0 Å². The van der Waals surface area contributed by atoms with Gasteiger partial charge in [0.15, 0.2) is 0 Å². The SMILES string of the molecule is CC(=O)[C@H]1C[C@@H](CC(=O)ON=Cc2ccccc2)C1(C)C. The largest absolute Gasteiger partial charge is 0.335 e. The number of ketones is 1. The molecule has 1 fully saturated rings. The summed E-state index contributed by atoms with van der Waals surface area (Å²) in [5, 5.41) is 3.71. The highest BCUT2D eigenvalue weighted by atomic mass is 16.7. The fourth-order valence-corrected chi connectivity index (χ4v) is 2.98. The van der Waals surface area contributed by atoms with Crippen LogP contribution in [0.5, 0.6) is 0 Å². The van der Waals surface area contributed by atoms with E-state index in [1.807, 2.05) is 44.2 Å². The van der Waals surface area contributed by atoms with Crippen LogP contribution in [0, 0.1) is 17.3 Å². The van der Waals surface area contributed by atoms with Crippen molar-refractivity contribution >= 4 is 18.0 Å². The van der Waals surface area contributed by atoms with Crippen molar-refractivity contribution in [3.63, 3.8) is 0 Å². The Balaban J connectivity index is 1.81. The van der Waals surface area contributed by atoms with E-state index in [1.165, 1.54) is 6.21 Å². The molecule has 0 amide bonds. The van der Waals surface area contributed by atoms with E-state index in [1.54, 1.807) is 6.92 Å². The summed E-state index contributed by atoms with van der Waals surface area (Å²) in [6, 6.07) is 9.45. The third kappa shape index (κ3) is 3.57. The fraction of sp³-hybridized carbons (Fsp3) is 0.471. The molecule has 1 saturated carbocycles. The van der Waals surface area contributed by atoms with Crippen molar-refractivity contribution in [1.82, 2.24) is 0 Å². The number of carbonyl (C=O) groups excluding carboxylic acids is 2. The van der Waals surface area contributed by atoms with Crippen molar-refractivity contribution < 1.29 is 14.4 Å². The molecule has 1 aliphatic carbocycles. The zero-order chi connectivity index (χ0) is 15.5. The molecule has 4 heteroatoms. The minimum atomic E-state index is -0.345. The maximum atomic E-state index is 11.8. The van der Waals surface area contributed by atoms with E-state index in [0.717, 1.165) is 12.0 Å². The zero-order valence-corrected chi connectivity index (χ0v) is 12.7. The molecule has 1 aromatic carbocycles. The second kappa shape index (κ2) is 6.20. The lowest BCUT2D eigenvalue weighted by Crippen LogP contribution is -2.48. The predicted octanol–water partition coefficient (Wildman–Crippen LogP) is 3.21. The van der Waals surface area contributed by atoms with Gasteiger partial charge in [0.1, 0.15) is 5.78 Å². The molecule has 0 spiro atoms. The molecule has 0 bridgehead atoms. The van der Waals surface area contributed by atoms with Crippen LogP contribution in [-0.4, -0.2) is 18.0 Å². The average Bonchev–Trinajstić information content (AvgIpc) is 2.43. The lowest BCUT2D eigenvalue weighted by molar-refractivity contribution is -0.153. The molecule has 0 aliphatic heterocycles. The van der Waals surface area contributed by atoms with Gasteiger partial charge in [-0.25, -0.2) is 4.79 Å². The van der Waals surface area contributed by atoms with Crippen LogP contribution in [0.1, 0.15) is 39.2 Å². The van der Waals surface area contributed by atoms with E-state index in [2.05, 4.69) is 5.16 Å². The van der Waals surface area contributed by atoms with Crippen molar-refractivity contribution in [2.45, 2.75) is 33.6 Å². The maximum Gasteiger partial charge on any atom is 0.335 e. The first-order valence-corrected chi connectivity index (χ1v) is 7.20. The van der Waals surface area contributed by atoms with Gasteiger partial charge in [-0.3, -0.25) is 4.79 Å². The summed E-state index contributed by atoms with van der Waals surface area (Å²) in [6.45, 7) is 5.69. The molecule has 1 aliphatic rings. The first-order chi connectivity index (χ1) is 9.91. The first kappa shape index (κ1) is 15.4. The maximum absolute atomic E-state index is 11.8. The van der Waals surface area contributed by atoms with Gasteiger partial charge in [-0.15, -0.1) is 0 Å². The number of rotatable bonds is 5. The smallest absolute Gasteiger partial charge is 0.318 e. The van der Waals surface area contributed by atoms with E-state index in [9.17, 15) is 9.59 Å². The summed E-state index contributed by atoms with van der Waals surface area (Å²) in [5.74, 6) is 0.0999. The van der Waals surface area contributed by atoms with E-state index in [-0.39, 0.29) is 29.0 Å². The van der Waals surface area contributed by atoms with Gasteiger partial charge in [0, 0.05) is 5.92 Å². The van der Waals surface area contributed by atoms with Crippen molar-refractivity contribution in [3.8, 4) is 0 Å². The third-order valence-electron chi connectivity index (χ3n) is 4.53. The highest BCUT2D eigenvalue weighted by Crippen LogP contribution is 2.53. The second-order valence-corrected chi connectivity index (χ2v) is 6.23.